The minimum absolute atomic E-state index is 0.0938. The van der Waals surface area contributed by atoms with Crippen LogP contribution in [0.3, 0.4) is 0 Å². The number of hydrogen-bond donors (Lipinski definition) is 1. The lowest BCUT2D eigenvalue weighted by Gasteiger charge is -2.14. The molecule has 0 bridgehead atoms. The fraction of sp³-hybridized carbons (Fsp3) is 0.400. The number of aromatic nitrogens is 1. The molecular formula is C15H19N3O2. The standard InChI is InChI=1S/C15H19N3O2/c1-3-4-5-11(2)16-15-9-6-12-10-13(18(19)20)7-8-14(12)17-15/h6-11H,3-5H2,1-2H3,(H,16,17). The average molecular weight is 273 g/mol. The number of pyridine rings is 1. The molecule has 5 heteroatoms. The third kappa shape index (κ3) is 3.44. The Morgan fingerprint density at radius 2 is 2.15 bits per heavy atom. The van der Waals surface area contributed by atoms with E-state index in [4.69, 9.17) is 0 Å². The van der Waals surface area contributed by atoms with Crippen LogP contribution in [0.4, 0.5) is 11.5 Å². The van der Waals surface area contributed by atoms with Crippen molar-refractivity contribution in [2.24, 2.45) is 0 Å². The highest BCUT2D eigenvalue weighted by Gasteiger charge is 2.08. The summed E-state index contributed by atoms with van der Waals surface area (Å²) in [6.07, 6.45) is 3.48. The highest BCUT2D eigenvalue weighted by atomic mass is 16.6. The van der Waals surface area contributed by atoms with Crippen LogP contribution in [0.25, 0.3) is 10.9 Å². The molecule has 5 nitrogen and oxygen atoms in total. The quantitative estimate of drug-likeness (QED) is 0.634. The number of nitrogens with zero attached hydrogens (tertiary/aromatic N) is 2. The Bertz CT molecular complexity index is 613. The van der Waals surface area contributed by atoms with Crippen molar-refractivity contribution >= 4 is 22.4 Å². The summed E-state index contributed by atoms with van der Waals surface area (Å²) in [5.74, 6) is 0.815. The molecule has 1 aromatic heterocycles. The normalized spacial score (nSPS) is 12.3. The summed E-state index contributed by atoms with van der Waals surface area (Å²) >= 11 is 0. The maximum Gasteiger partial charge on any atom is 0.270 e. The van der Waals surface area contributed by atoms with Crippen LogP contribution >= 0.6 is 0 Å². The fourth-order valence-corrected chi connectivity index (χ4v) is 2.14. The molecule has 2 rings (SSSR count). The summed E-state index contributed by atoms with van der Waals surface area (Å²) in [6.45, 7) is 4.31. The van der Waals surface area contributed by atoms with E-state index in [-0.39, 0.29) is 5.69 Å². The van der Waals surface area contributed by atoms with Gasteiger partial charge in [0.1, 0.15) is 5.82 Å². The van der Waals surface area contributed by atoms with Gasteiger partial charge in [-0.3, -0.25) is 10.1 Å². The van der Waals surface area contributed by atoms with E-state index in [9.17, 15) is 10.1 Å². The lowest BCUT2D eigenvalue weighted by molar-refractivity contribution is -0.384. The summed E-state index contributed by atoms with van der Waals surface area (Å²) in [6, 6.07) is 8.83. The number of nitro benzene ring substituents is 1. The molecule has 0 saturated carbocycles. The summed E-state index contributed by atoms with van der Waals surface area (Å²) in [5.41, 5.74) is 0.861. The number of anilines is 1. The summed E-state index contributed by atoms with van der Waals surface area (Å²) in [4.78, 5) is 14.8. The van der Waals surface area contributed by atoms with Crippen LogP contribution in [0.1, 0.15) is 33.1 Å². The van der Waals surface area contributed by atoms with Crippen LogP contribution in [0.2, 0.25) is 0 Å². The summed E-state index contributed by atoms with van der Waals surface area (Å²) in [5, 5.41) is 14.9. The minimum atomic E-state index is -0.390. The van der Waals surface area contributed by atoms with Crippen LogP contribution in [-0.4, -0.2) is 15.9 Å². The second kappa shape index (κ2) is 6.32. The molecule has 2 aromatic rings. The van der Waals surface area contributed by atoms with Crippen molar-refractivity contribution < 1.29 is 4.92 Å². The Hall–Kier alpha value is -2.17. The topological polar surface area (TPSA) is 68.1 Å². The largest absolute Gasteiger partial charge is 0.368 e. The van der Waals surface area contributed by atoms with Crippen molar-refractivity contribution in [1.82, 2.24) is 4.98 Å². The fourth-order valence-electron chi connectivity index (χ4n) is 2.14. The predicted molar refractivity (Wildman–Crippen MR) is 81.0 cm³/mol. The number of nitrogens with one attached hydrogen (secondary N) is 1. The van der Waals surface area contributed by atoms with Crippen LogP contribution < -0.4 is 5.32 Å². The Labute approximate surface area is 118 Å². The zero-order chi connectivity index (χ0) is 14.5. The lowest BCUT2D eigenvalue weighted by Crippen LogP contribution is -2.15. The van der Waals surface area contributed by atoms with E-state index in [0.29, 0.717) is 6.04 Å². The van der Waals surface area contributed by atoms with Crippen molar-refractivity contribution in [3.05, 3.63) is 40.4 Å². The van der Waals surface area contributed by atoms with Crippen molar-refractivity contribution in [2.75, 3.05) is 5.32 Å². The van der Waals surface area contributed by atoms with Crippen LogP contribution in [0.15, 0.2) is 30.3 Å². The second-order valence-corrected chi connectivity index (χ2v) is 5.02. The highest BCUT2D eigenvalue weighted by Crippen LogP contribution is 2.21. The molecule has 20 heavy (non-hydrogen) atoms. The Kier molecular flexibility index (Phi) is 4.50. The van der Waals surface area contributed by atoms with E-state index in [1.54, 1.807) is 12.1 Å². The highest BCUT2D eigenvalue weighted by molar-refractivity contribution is 5.82. The van der Waals surface area contributed by atoms with E-state index in [1.807, 2.05) is 12.1 Å². The molecule has 1 heterocycles. The average Bonchev–Trinajstić information content (AvgIpc) is 2.44. The van der Waals surface area contributed by atoms with Gasteiger partial charge in [0, 0.05) is 23.6 Å². The monoisotopic (exact) mass is 273 g/mol. The molecule has 0 fully saturated rings. The number of benzene rings is 1. The second-order valence-electron chi connectivity index (χ2n) is 5.02. The Morgan fingerprint density at radius 1 is 1.35 bits per heavy atom. The van der Waals surface area contributed by atoms with Gasteiger partial charge >= 0.3 is 0 Å². The third-order valence-corrected chi connectivity index (χ3v) is 3.27. The third-order valence-electron chi connectivity index (χ3n) is 3.27. The van der Waals surface area contributed by atoms with Crippen molar-refractivity contribution in [1.29, 1.82) is 0 Å². The van der Waals surface area contributed by atoms with Gasteiger partial charge in [-0.2, -0.15) is 0 Å². The van der Waals surface area contributed by atoms with Crippen LogP contribution in [0, 0.1) is 10.1 Å². The molecule has 1 atom stereocenters. The van der Waals surface area contributed by atoms with Gasteiger partial charge < -0.3 is 5.32 Å². The van der Waals surface area contributed by atoms with Gasteiger partial charge in [-0.05, 0) is 31.5 Å². The zero-order valence-corrected chi connectivity index (χ0v) is 11.8. The number of rotatable bonds is 6. The molecule has 0 spiro atoms. The molecule has 1 unspecified atom stereocenters. The first-order valence-corrected chi connectivity index (χ1v) is 6.92. The predicted octanol–water partition coefficient (Wildman–Crippen LogP) is 4.13. The minimum Gasteiger partial charge on any atom is -0.368 e. The number of nitro groups is 1. The van der Waals surface area contributed by atoms with Gasteiger partial charge in [0.05, 0.1) is 10.4 Å². The van der Waals surface area contributed by atoms with Gasteiger partial charge in [-0.1, -0.05) is 19.8 Å². The lowest BCUT2D eigenvalue weighted by atomic mass is 10.1. The van der Waals surface area contributed by atoms with Crippen molar-refractivity contribution in [3.8, 4) is 0 Å². The van der Waals surface area contributed by atoms with Gasteiger partial charge in [0.15, 0.2) is 0 Å². The molecule has 1 N–H and O–H groups in total. The Balaban J connectivity index is 2.17. The first-order valence-electron chi connectivity index (χ1n) is 6.92. The number of fused-ring (bicyclic) bond motifs is 1. The molecule has 106 valence electrons. The van der Waals surface area contributed by atoms with E-state index >= 15 is 0 Å². The van der Waals surface area contributed by atoms with E-state index < -0.39 is 4.92 Å². The molecule has 1 aromatic carbocycles. The smallest absolute Gasteiger partial charge is 0.270 e. The molecular weight excluding hydrogens is 254 g/mol. The van der Waals surface area contributed by atoms with E-state index in [2.05, 4.69) is 24.1 Å². The summed E-state index contributed by atoms with van der Waals surface area (Å²) in [7, 11) is 0. The van der Waals surface area contributed by atoms with E-state index in [1.165, 1.54) is 18.9 Å². The molecule has 0 radical (unpaired) electrons. The van der Waals surface area contributed by atoms with Gasteiger partial charge in [0.25, 0.3) is 5.69 Å². The molecule has 0 amide bonds. The molecule has 0 aliphatic carbocycles. The molecule has 0 saturated heterocycles. The van der Waals surface area contributed by atoms with Crippen LogP contribution in [-0.2, 0) is 0 Å². The van der Waals surface area contributed by atoms with Gasteiger partial charge in [-0.25, -0.2) is 4.98 Å². The van der Waals surface area contributed by atoms with Gasteiger partial charge in [-0.15, -0.1) is 0 Å². The van der Waals surface area contributed by atoms with Crippen LogP contribution in [0.5, 0.6) is 0 Å². The number of non-ortho nitro benzene ring substituents is 1. The first kappa shape index (κ1) is 14.2. The zero-order valence-electron chi connectivity index (χ0n) is 11.8. The SMILES string of the molecule is CCCCC(C)Nc1ccc2cc([N+](=O)[O-])ccc2n1. The molecule has 0 aliphatic heterocycles. The van der Waals surface area contributed by atoms with Crippen molar-refractivity contribution in [2.45, 2.75) is 39.2 Å². The number of hydrogen-bond acceptors (Lipinski definition) is 4. The van der Waals surface area contributed by atoms with E-state index in [0.717, 1.165) is 23.1 Å². The Morgan fingerprint density at radius 3 is 2.85 bits per heavy atom. The summed E-state index contributed by atoms with van der Waals surface area (Å²) < 4.78 is 0. The molecule has 0 aliphatic rings. The van der Waals surface area contributed by atoms with Gasteiger partial charge in [0.2, 0.25) is 0 Å². The maximum atomic E-state index is 10.7. The van der Waals surface area contributed by atoms with Crippen molar-refractivity contribution in [3.63, 3.8) is 0 Å². The maximum absolute atomic E-state index is 10.7. The number of unbranched alkanes of at least 4 members (excludes halogenated alkanes) is 1. The first-order chi connectivity index (χ1) is 9.60.